The van der Waals surface area contributed by atoms with Gasteiger partial charge in [0.25, 0.3) is 0 Å². The Morgan fingerprint density at radius 1 is 1.58 bits per heavy atom. The minimum atomic E-state index is 0.473. The second-order valence-electron chi connectivity index (χ2n) is 3.56. The molecule has 0 saturated carbocycles. The van der Waals surface area contributed by atoms with Gasteiger partial charge in [-0.1, -0.05) is 11.6 Å². The number of rotatable bonds is 5. The Morgan fingerprint density at radius 3 is 3.11 bits per heavy atom. The first-order valence-electron chi connectivity index (χ1n) is 5.61. The van der Waals surface area contributed by atoms with E-state index in [1.807, 2.05) is 13.0 Å². The van der Waals surface area contributed by atoms with Crippen LogP contribution in [-0.2, 0) is 0 Å². The van der Waals surface area contributed by atoms with Crippen molar-refractivity contribution in [2.45, 2.75) is 6.92 Å². The number of hydrogen-bond acceptors (Lipinski definition) is 6. The van der Waals surface area contributed by atoms with E-state index in [1.165, 1.54) is 11.3 Å². The van der Waals surface area contributed by atoms with E-state index < -0.39 is 0 Å². The van der Waals surface area contributed by atoms with E-state index in [2.05, 4.69) is 15.5 Å². The Labute approximate surface area is 120 Å². The molecule has 0 radical (unpaired) electrons. The van der Waals surface area contributed by atoms with E-state index in [0.29, 0.717) is 22.6 Å². The van der Waals surface area contributed by atoms with Crippen molar-refractivity contribution in [3.05, 3.63) is 34.2 Å². The van der Waals surface area contributed by atoms with Crippen LogP contribution in [0.4, 0.5) is 10.9 Å². The van der Waals surface area contributed by atoms with E-state index in [0.717, 1.165) is 11.3 Å². The zero-order valence-corrected chi connectivity index (χ0v) is 11.8. The second-order valence-corrected chi connectivity index (χ2v) is 4.86. The fraction of sp³-hybridized carbons (Fsp3) is 0.167. The predicted molar refractivity (Wildman–Crippen MR) is 80.4 cm³/mol. The Balaban J connectivity index is 2.10. The third-order valence-electron chi connectivity index (χ3n) is 2.16. The molecule has 0 unspecified atom stereocenters. The molecule has 0 fully saturated rings. The zero-order chi connectivity index (χ0) is 13.7. The van der Waals surface area contributed by atoms with E-state index in [-0.39, 0.29) is 0 Å². The molecule has 3 N–H and O–H groups in total. The molecule has 0 aliphatic rings. The van der Waals surface area contributed by atoms with Crippen molar-refractivity contribution in [2.24, 2.45) is 5.10 Å². The maximum atomic E-state index is 5.95. The molecule has 2 rings (SSSR count). The Morgan fingerprint density at radius 2 is 2.42 bits per heavy atom. The van der Waals surface area contributed by atoms with Gasteiger partial charge in [-0.3, -0.25) is 5.43 Å². The minimum absolute atomic E-state index is 0.473. The maximum Gasteiger partial charge on any atom is 0.205 e. The van der Waals surface area contributed by atoms with Crippen molar-refractivity contribution >= 4 is 40.1 Å². The average molecular weight is 297 g/mol. The second kappa shape index (κ2) is 6.40. The molecule has 2 aromatic rings. The van der Waals surface area contributed by atoms with Crippen LogP contribution in [0.25, 0.3) is 0 Å². The van der Waals surface area contributed by atoms with Gasteiger partial charge in [0.15, 0.2) is 0 Å². The highest BCUT2D eigenvalue weighted by Gasteiger charge is 2.02. The quantitative estimate of drug-likeness (QED) is 0.656. The van der Waals surface area contributed by atoms with Crippen LogP contribution in [-0.4, -0.2) is 17.8 Å². The summed E-state index contributed by atoms with van der Waals surface area (Å²) in [6, 6.07) is 5.38. The van der Waals surface area contributed by atoms with E-state index in [1.54, 1.807) is 23.7 Å². The number of nitrogens with two attached hydrogens (primary N) is 1. The van der Waals surface area contributed by atoms with E-state index in [9.17, 15) is 0 Å². The Bertz CT molecular complexity index is 585. The molecule has 0 bridgehead atoms. The molecular weight excluding hydrogens is 284 g/mol. The number of benzene rings is 1. The van der Waals surface area contributed by atoms with E-state index >= 15 is 0 Å². The number of nitrogens with one attached hydrogen (secondary N) is 1. The van der Waals surface area contributed by atoms with Gasteiger partial charge in [-0.2, -0.15) is 5.10 Å². The SMILES string of the molecule is CCOc1ccc(Cl)cc1C=NNc1nc(N)cs1. The number of anilines is 2. The van der Waals surface area contributed by atoms with Gasteiger partial charge in [-0.05, 0) is 25.1 Å². The Kier molecular flexibility index (Phi) is 4.59. The highest BCUT2D eigenvalue weighted by Crippen LogP contribution is 2.22. The van der Waals surface area contributed by atoms with Crippen LogP contribution in [0.1, 0.15) is 12.5 Å². The number of hydrazone groups is 1. The summed E-state index contributed by atoms with van der Waals surface area (Å²) in [4.78, 5) is 4.03. The number of nitrogens with zero attached hydrogens (tertiary/aromatic N) is 2. The molecule has 1 heterocycles. The van der Waals surface area contributed by atoms with Crippen LogP contribution in [0, 0.1) is 0 Å². The van der Waals surface area contributed by atoms with Gasteiger partial charge in [-0.25, -0.2) is 4.98 Å². The molecule has 0 atom stereocenters. The van der Waals surface area contributed by atoms with Crippen LogP contribution < -0.4 is 15.9 Å². The summed E-state index contributed by atoms with van der Waals surface area (Å²) in [5.41, 5.74) is 9.11. The lowest BCUT2D eigenvalue weighted by Gasteiger charge is -2.06. The topological polar surface area (TPSA) is 72.5 Å². The standard InChI is InChI=1S/C12H13ClN4OS/c1-2-18-10-4-3-9(13)5-8(10)6-15-17-12-16-11(14)7-19-12/h3-7H,2,14H2,1H3,(H,16,17). The number of aromatic nitrogens is 1. The molecule has 1 aromatic carbocycles. The van der Waals surface area contributed by atoms with Crippen LogP contribution in [0.15, 0.2) is 28.7 Å². The highest BCUT2D eigenvalue weighted by molar-refractivity contribution is 7.14. The molecule has 0 aliphatic carbocycles. The van der Waals surface area contributed by atoms with E-state index in [4.69, 9.17) is 22.1 Å². The number of ether oxygens (including phenoxy) is 1. The van der Waals surface area contributed by atoms with Gasteiger partial charge in [0.2, 0.25) is 5.13 Å². The van der Waals surface area contributed by atoms with Crippen LogP contribution >= 0.6 is 22.9 Å². The highest BCUT2D eigenvalue weighted by atomic mass is 35.5. The van der Waals surface area contributed by atoms with Gasteiger partial charge in [0.1, 0.15) is 11.6 Å². The lowest BCUT2D eigenvalue weighted by atomic mass is 10.2. The summed E-state index contributed by atoms with van der Waals surface area (Å²) in [6.07, 6.45) is 1.63. The minimum Gasteiger partial charge on any atom is -0.493 e. The molecule has 7 heteroatoms. The summed E-state index contributed by atoms with van der Waals surface area (Å²) < 4.78 is 5.49. The Hall–Kier alpha value is -1.79. The molecule has 5 nitrogen and oxygen atoms in total. The van der Waals surface area contributed by atoms with Crippen molar-refractivity contribution in [3.8, 4) is 5.75 Å². The first-order valence-corrected chi connectivity index (χ1v) is 6.87. The normalized spacial score (nSPS) is 10.8. The van der Waals surface area contributed by atoms with Gasteiger partial charge >= 0.3 is 0 Å². The summed E-state index contributed by atoms with van der Waals surface area (Å²) in [5, 5.41) is 7.09. The lowest BCUT2D eigenvalue weighted by Crippen LogP contribution is -1.97. The first kappa shape index (κ1) is 13.6. The summed E-state index contributed by atoms with van der Waals surface area (Å²) >= 11 is 7.34. The third kappa shape index (κ3) is 3.84. The summed E-state index contributed by atoms with van der Waals surface area (Å²) in [6.45, 7) is 2.51. The van der Waals surface area contributed by atoms with Gasteiger partial charge in [-0.15, -0.1) is 11.3 Å². The summed E-state index contributed by atoms with van der Waals surface area (Å²) in [5.74, 6) is 1.21. The lowest BCUT2D eigenvalue weighted by molar-refractivity contribution is 0.340. The monoisotopic (exact) mass is 296 g/mol. The number of hydrogen-bond donors (Lipinski definition) is 2. The van der Waals surface area contributed by atoms with Crippen molar-refractivity contribution in [1.29, 1.82) is 0 Å². The fourth-order valence-corrected chi connectivity index (χ4v) is 2.13. The predicted octanol–water partition coefficient (Wildman–Crippen LogP) is 3.22. The molecule has 0 amide bonds. The van der Waals surface area contributed by atoms with Crippen LogP contribution in [0.5, 0.6) is 5.75 Å². The largest absolute Gasteiger partial charge is 0.493 e. The van der Waals surface area contributed by atoms with Gasteiger partial charge in [0.05, 0.1) is 12.8 Å². The first-order chi connectivity index (χ1) is 9.19. The number of nitrogen functional groups attached to an aromatic ring is 1. The summed E-state index contributed by atoms with van der Waals surface area (Å²) in [7, 11) is 0. The molecule has 0 saturated heterocycles. The fourth-order valence-electron chi connectivity index (χ4n) is 1.40. The molecule has 0 spiro atoms. The smallest absolute Gasteiger partial charge is 0.205 e. The van der Waals surface area contributed by atoms with Crippen LogP contribution in [0.2, 0.25) is 5.02 Å². The third-order valence-corrected chi connectivity index (χ3v) is 3.16. The molecule has 19 heavy (non-hydrogen) atoms. The number of thiazole rings is 1. The van der Waals surface area contributed by atoms with Crippen molar-refractivity contribution in [3.63, 3.8) is 0 Å². The van der Waals surface area contributed by atoms with Crippen LogP contribution in [0.3, 0.4) is 0 Å². The molecule has 1 aromatic heterocycles. The average Bonchev–Trinajstić information content (AvgIpc) is 2.79. The van der Waals surface area contributed by atoms with Crippen molar-refractivity contribution in [1.82, 2.24) is 4.98 Å². The van der Waals surface area contributed by atoms with Gasteiger partial charge < -0.3 is 10.5 Å². The zero-order valence-electron chi connectivity index (χ0n) is 10.3. The number of halogens is 1. The maximum absolute atomic E-state index is 5.95. The van der Waals surface area contributed by atoms with Crippen molar-refractivity contribution < 1.29 is 4.74 Å². The van der Waals surface area contributed by atoms with Crippen molar-refractivity contribution in [2.75, 3.05) is 17.8 Å². The molecular formula is C12H13ClN4OS. The van der Waals surface area contributed by atoms with Gasteiger partial charge in [0, 0.05) is 16.0 Å². The molecule has 0 aliphatic heterocycles. The molecule has 100 valence electrons.